The van der Waals surface area contributed by atoms with Crippen LogP contribution in [0, 0.1) is 20.8 Å². The van der Waals surface area contributed by atoms with E-state index in [1.54, 1.807) is 0 Å². The minimum atomic E-state index is -0.0714. The number of thioether (sulfide) groups is 1. The zero-order chi connectivity index (χ0) is 20.8. The van der Waals surface area contributed by atoms with Gasteiger partial charge in [-0.25, -0.2) is 0 Å². The van der Waals surface area contributed by atoms with Crippen molar-refractivity contribution in [1.82, 2.24) is 14.8 Å². The Morgan fingerprint density at radius 1 is 1.07 bits per heavy atom. The minimum Gasteiger partial charge on any atom is -0.485 e. The van der Waals surface area contributed by atoms with Gasteiger partial charge in [-0.1, -0.05) is 47.7 Å². The number of hydrogen-bond acceptors (Lipinski definition) is 5. The van der Waals surface area contributed by atoms with E-state index in [2.05, 4.69) is 15.5 Å². The zero-order valence-corrected chi connectivity index (χ0v) is 18.0. The number of hydrogen-bond donors (Lipinski definition) is 1. The summed E-state index contributed by atoms with van der Waals surface area (Å²) in [7, 11) is 0. The van der Waals surface area contributed by atoms with Crippen LogP contribution in [0.2, 0.25) is 0 Å². The molecule has 7 heteroatoms. The molecule has 2 aromatic carbocycles. The maximum Gasteiger partial charge on any atom is 0.234 e. The van der Waals surface area contributed by atoms with Crippen LogP contribution in [0.4, 0.5) is 5.69 Å². The molecule has 0 spiro atoms. The Bertz CT molecular complexity index is 963. The molecule has 0 bridgehead atoms. The summed E-state index contributed by atoms with van der Waals surface area (Å²) in [5.74, 6) is 1.82. The molecule has 0 fully saturated rings. The molecule has 6 nitrogen and oxygen atoms in total. The molecule has 0 saturated heterocycles. The van der Waals surface area contributed by atoms with Crippen LogP contribution in [-0.4, -0.2) is 26.4 Å². The minimum absolute atomic E-state index is 0.0714. The quantitative estimate of drug-likeness (QED) is 0.553. The second kappa shape index (κ2) is 9.60. The summed E-state index contributed by atoms with van der Waals surface area (Å²) in [6.45, 7) is 9.15. The molecule has 0 aliphatic rings. The van der Waals surface area contributed by atoms with Crippen LogP contribution >= 0.6 is 11.8 Å². The molecule has 0 aliphatic heterocycles. The van der Waals surface area contributed by atoms with Crippen molar-refractivity contribution in [1.29, 1.82) is 0 Å². The number of carbonyl (C=O) groups is 1. The SMILES string of the molecule is CCn1c(COc2c(C)cccc2C)nnc1SCC(=O)Nc1ccc(C)cc1. The van der Waals surface area contributed by atoms with Crippen molar-refractivity contribution in [2.24, 2.45) is 0 Å². The van der Waals surface area contributed by atoms with Gasteiger partial charge in [-0.15, -0.1) is 10.2 Å². The molecule has 0 unspecified atom stereocenters. The van der Waals surface area contributed by atoms with Crippen molar-refractivity contribution < 1.29 is 9.53 Å². The van der Waals surface area contributed by atoms with Crippen LogP contribution in [0.5, 0.6) is 5.75 Å². The molecular weight excluding hydrogens is 384 g/mol. The Balaban J connectivity index is 1.60. The molecule has 0 radical (unpaired) electrons. The van der Waals surface area contributed by atoms with Crippen molar-refractivity contribution in [2.45, 2.75) is 46.0 Å². The molecule has 29 heavy (non-hydrogen) atoms. The zero-order valence-electron chi connectivity index (χ0n) is 17.2. The number of rotatable bonds is 8. The summed E-state index contributed by atoms with van der Waals surface area (Å²) < 4.78 is 8.00. The van der Waals surface area contributed by atoms with E-state index < -0.39 is 0 Å². The van der Waals surface area contributed by atoms with Gasteiger partial charge in [-0.2, -0.15) is 0 Å². The smallest absolute Gasteiger partial charge is 0.234 e. The molecule has 3 rings (SSSR count). The standard InChI is InChI=1S/C22H26N4O2S/c1-5-26-19(13-28-21-16(3)7-6-8-17(21)4)24-25-22(26)29-14-20(27)23-18-11-9-15(2)10-12-18/h6-12H,5,13-14H2,1-4H3,(H,23,27). The lowest BCUT2D eigenvalue weighted by Gasteiger charge is -2.12. The summed E-state index contributed by atoms with van der Waals surface area (Å²) in [5.41, 5.74) is 4.13. The number of amides is 1. The average Bonchev–Trinajstić information content (AvgIpc) is 3.09. The van der Waals surface area contributed by atoms with E-state index in [0.29, 0.717) is 18.3 Å². The number of aromatic nitrogens is 3. The van der Waals surface area contributed by atoms with Crippen LogP contribution in [0.25, 0.3) is 0 Å². The first-order valence-electron chi connectivity index (χ1n) is 9.58. The van der Waals surface area contributed by atoms with E-state index in [-0.39, 0.29) is 11.7 Å². The van der Waals surface area contributed by atoms with Gasteiger partial charge in [-0.3, -0.25) is 4.79 Å². The lowest BCUT2D eigenvalue weighted by molar-refractivity contribution is -0.113. The fourth-order valence-electron chi connectivity index (χ4n) is 2.98. The van der Waals surface area contributed by atoms with E-state index in [1.165, 1.54) is 11.8 Å². The molecule has 1 amide bonds. The number of nitrogens with one attached hydrogen (secondary N) is 1. The number of ether oxygens (including phenoxy) is 1. The largest absolute Gasteiger partial charge is 0.485 e. The van der Waals surface area contributed by atoms with Crippen LogP contribution in [0.1, 0.15) is 29.4 Å². The molecule has 0 saturated carbocycles. The van der Waals surface area contributed by atoms with Gasteiger partial charge in [0.05, 0.1) is 5.75 Å². The molecule has 1 heterocycles. The van der Waals surface area contributed by atoms with Gasteiger partial charge in [0.2, 0.25) is 5.91 Å². The fourth-order valence-corrected chi connectivity index (χ4v) is 3.80. The Hall–Kier alpha value is -2.80. The maximum atomic E-state index is 12.2. The van der Waals surface area contributed by atoms with Crippen molar-refractivity contribution >= 4 is 23.4 Å². The molecular formula is C22H26N4O2S. The van der Waals surface area contributed by atoms with Crippen molar-refractivity contribution in [3.63, 3.8) is 0 Å². The molecule has 0 atom stereocenters. The van der Waals surface area contributed by atoms with Gasteiger partial charge in [0.25, 0.3) is 0 Å². The Labute approximate surface area is 175 Å². The number of carbonyl (C=O) groups excluding carboxylic acids is 1. The van der Waals surface area contributed by atoms with Crippen LogP contribution in [0.3, 0.4) is 0 Å². The van der Waals surface area contributed by atoms with E-state index >= 15 is 0 Å². The van der Waals surface area contributed by atoms with Gasteiger partial charge in [0.15, 0.2) is 11.0 Å². The summed E-state index contributed by atoms with van der Waals surface area (Å²) in [6, 6.07) is 13.8. The third-order valence-electron chi connectivity index (χ3n) is 4.53. The molecule has 1 N–H and O–H groups in total. The number of para-hydroxylation sites is 1. The lowest BCUT2D eigenvalue weighted by Crippen LogP contribution is -2.15. The van der Waals surface area contributed by atoms with E-state index in [0.717, 1.165) is 34.0 Å². The van der Waals surface area contributed by atoms with Crippen molar-refractivity contribution in [3.8, 4) is 5.75 Å². The van der Waals surface area contributed by atoms with Gasteiger partial charge in [-0.05, 0) is 51.0 Å². The van der Waals surface area contributed by atoms with Crippen LogP contribution in [0.15, 0.2) is 47.6 Å². The second-order valence-corrected chi connectivity index (χ2v) is 7.80. The van der Waals surface area contributed by atoms with E-state index in [1.807, 2.05) is 74.7 Å². The lowest BCUT2D eigenvalue weighted by atomic mass is 10.1. The van der Waals surface area contributed by atoms with Crippen molar-refractivity contribution in [3.05, 3.63) is 65.0 Å². The van der Waals surface area contributed by atoms with Gasteiger partial charge in [0.1, 0.15) is 12.4 Å². The summed E-state index contributed by atoms with van der Waals surface area (Å²) >= 11 is 1.37. The predicted molar refractivity (Wildman–Crippen MR) is 116 cm³/mol. The normalized spacial score (nSPS) is 10.8. The van der Waals surface area contributed by atoms with Crippen molar-refractivity contribution in [2.75, 3.05) is 11.1 Å². The number of anilines is 1. The monoisotopic (exact) mass is 410 g/mol. The first-order chi connectivity index (χ1) is 14.0. The summed E-state index contributed by atoms with van der Waals surface area (Å²) in [5, 5.41) is 12.1. The third kappa shape index (κ3) is 5.38. The summed E-state index contributed by atoms with van der Waals surface area (Å²) in [6.07, 6.45) is 0. The predicted octanol–water partition coefficient (Wildman–Crippen LogP) is 4.53. The first-order valence-corrected chi connectivity index (χ1v) is 10.6. The second-order valence-electron chi connectivity index (χ2n) is 6.86. The molecule has 1 aromatic heterocycles. The van der Waals surface area contributed by atoms with Gasteiger partial charge >= 0.3 is 0 Å². The first kappa shape index (κ1) is 20.9. The number of benzene rings is 2. The average molecular weight is 411 g/mol. The van der Waals surface area contributed by atoms with Gasteiger partial charge < -0.3 is 14.6 Å². The Morgan fingerprint density at radius 3 is 2.41 bits per heavy atom. The van der Waals surface area contributed by atoms with E-state index in [9.17, 15) is 4.79 Å². The fraction of sp³-hybridized carbons (Fsp3) is 0.318. The highest BCUT2D eigenvalue weighted by Crippen LogP contribution is 2.24. The Kier molecular flexibility index (Phi) is 6.93. The third-order valence-corrected chi connectivity index (χ3v) is 5.50. The topological polar surface area (TPSA) is 69.0 Å². The highest BCUT2D eigenvalue weighted by Gasteiger charge is 2.14. The molecule has 3 aromatic rings. The van der Waals surface area contributed by atoms with E-state index in [4.69, 9.17) is 4.74 Å². The summed E-state index contributed by atoms with van der Waals surface area (Å²) in [4.78, 5) is 12.2. The van der Waals surface area contributed by atoms with Crippen LogP contribution in [-0.2, 0) is 17.9 Å². The number of nitrogens with zero attached hydrogens (tertiary/aromatic N) is 3. The molecule has 0 aliphatic carbocycles. The highest BCUT2D eigenvalue weighted by molar-refractivity contribution is 7.99. The van der Waals surface area contributed by atoms with Crippen LogP contribution < -0.4 is 10.1 Å². The van der Waals surface area contributed by atoms with Gasteiger partial charge in [0, 0.05) is 12.2 Å². The molecule has 152 valence electrons. The maximum absolute atomic E-state index is 12.2. The number of aryl methyl sites for hydroxylation is 3. The highest BCUT2D eigenvalue weighted by atomic mass is 32.2. The Morgan fingerprint density at radius 2 is 1.76 bits per heavy atom.